The van der Waals surface area contributed by atoms with Crippen molar-refractivity contribution >= 4 is 5.97 Å². The van der Waals surface area contributed by atoms with Gasteiger partial charge in [-0.25, -0.2) is 0 Å². The molecule has 0 saturated carbocycles. The molecule has 0 aromatic heterocycles. The molecular weight excluding hydrogens is 168 g/mol. The first-order valence-electron chi connectivity index (χ1n) is 4.83. The van der Waals surface area contributed by atoms with Crippen LogP contribution in [0.4, 0.5) is 0 Å². The molecule has 0 radical (unpaired) electrons. The van der Waals surface area contributed by atoms with E-state index >= 15 is 0 Å². The topological polar surface area (TPSA) is 46.5 Å². The zero-order chi connectivity index (χ0) is 10.3. The van der Waals surface area contributed by atoms with E-state index in [1.807, 2.05) is 0 Å². The molecule has 3 nitrogen and oxygen atoms in total. The van der Waals surface area contributed by atoms with Gasteiger partial charge in [-0.15, -0.1) is 0 Å². The van der Waals surface area contributed by atoms with E-state index in [4.69, 9.17) is 4.74 Å². The van der Waals surface area contributed by atoms with Gasteiger partial charge in [0.2, 0.25) is 0 Å². The zero-order valence-corrected chi connectivity index (χ0v) is 8.80. The molecule has 0 aromatic rings. The summed E-state index contributed by atoms with van der Waals surface area (Å²) in [6.07, 6.45) is 3.49. The van der Waals surface area contributed by atoms with E-state index in [0.717, 1.165) is 19.3 Å². The highest BCUT2D eigenvalue weighted by atomic mass is 16.5. The highest BCUT2D eigenvalue weighted by Crippen LogP contribution is 2.04. The van der Waals surface area contributed by atoms with Crippen LogP contribution in [0, 0.1) is 0 Å². The molecule has 13 heavy (non-hydrogen) atoms. The lowest BCUT2D eigenvalue weighted by Crippen LogP contribution is -2.27. The largest absolute Gasteiger partial charge is 0.463 e. The van der Waals surface area contributed by atoms with Gasteiger partial charge in [0.05, 0.1) is 5.60 Å². The van der Waals surface area contributed by atoms with Crippen LogP contribution in [0.25, 0.3) is 0 Å². The maximum absolute atomic E-state index is 11.0. The van der Waals surface area contributed by atoms with Crippen molar-refractivity contribution in [3.8, 4) is 0 Å². The third kappa shape index (κ3) is 9.34. The van der Waals surface area contributed by atoms with Crippen molar-refractivity contribution in [1.29, 1.82) is 0 Å². The fourth-order valence-corrected chi connectivity index (χ4v) is 0.849. The molecule has 0 aromatic carbocycles. The third-order valence-electron chi connectivity index (χ3n) is 1.57. The lowest BCUT2D eigenvalue weighted by molar-refractivity contribution is -0.149. The van der Waals surface area contributed by atoms with Gasteiger partial charge in [0.15, 0.2) is 0 Å². The van der Waals surface area contributed by atoms with Crippen LogP contribution in [-0.2, 0) is 9.53 Å². The summed E-state index contributed by atoms with van der Waals surface area (Å²) in [5.41, 5.74) is -0.916. The molecule has 0 aliphatic carbocycles. The smallest absolute Gasteiger partial charge is 0.305 e. The molecule has 0 atom stereocenters. The van der Waals surface area contributed by atoms with Gasteiger partial charge in [-0.3, -0.25) is 4.79 Å². The average molecular weight is 188 g/mol. The Labute approximate surface area is 80.1 Å². The van der Waals surface area contributed by atoms with Gasteiger partial charge in [0.25, 0.3) is 0 Å². The van der Waals surface area contributed by atoms with E-state index in [9.17, 15) is 9.90 Å². The summed E-state index contributed by atoms with van der Waals surface area (Å²) >= 11 is 0. The normalized spacial score (nSPS) is 11.4. The average Bonchev–Trinajstić information content (AvgIpc) is 2.00. The predicted octanol–water partition coefficient (Wildman–Crippen LogP) is 1.88. The molecular formula is C10H20O3. The van der Waals surface area contributed by atoms with E-state index in [2.05, 4.69) is 6.92 Å². The van der Waals surface area contributed by atoms with Gasteiger partial charge in [-0.05, 0) is 20.3 Å². The monoisotopic (exact) mass is 188 g/mol. The van der Waals surface area contributed by atoms with Gasteiger partial charge < -0.3 is 9.84 Å². The first-order chi connectivity index (χ1) is 5.95. The number of ether oxygens (including phenoxy) is 1. The quantitative estimate of drug-likeness (QED) is 0.511. The number of hydrogen-bond acceptors (Lipinski definition) is 3. The van der Waals surface area contributed by atoms with Crippen LogP contribution in [0.3, 0.4) is 0 Å². The minimum atomic E-state index is -0.916. The van der Waals surface area contributed by atoms with Crippen molar-refractivity contribution in [2.24, 2.45) is 0 Å². The van der Waals surface area contributed by atoms with Gasteiger partial charge in [-0.1, -0.05) is 19.8 Å². The van der Waals surface area contributed by atoms with E-state index in [1.165, 1.54) is 0 Å². The molecule has 0 spiro atoms. The number of rotatable bonds is 6. The standard InChI is InChI=1S/C10H20O3/c1-4-5-6-7-9(11)13-8-10(2,3)12/h12H,4-8H2,1-3H3. The highest BCUT2D eigenvalue weighted by molar-refractivity contribution is 5.69. The maximum atomic E-state index is 11.0. The lowest BCUT2D eigenvalue weighted by Gasteiger charge is -2.16. The summed E-state index contributed by atoms with van der Waals surface area (Å²) in [5, 5.41) is 9.26. The zero-order valence-electron chi connectivity index (χ0n) is 8.80. The van der Waals surface area contributed by atoms with E-state index in [1.54, 1.807) is 13.8 Å². The van der Waals surface area contributed by atoms with Crippen molar-refractivity contribution in [1.82, 2.24) is 0 Å². The first kappa shape index (κ1) is 12.4. The van der Waals surface area contributed by atoms with E-state index in [0.29, 0.717) is 6.42 Å². The molecule has 0 unspecified atom stereocenters. The number of unbranched alkanes of at least 4 members (excludes halogenated alkanes) is 2. The molecule has 0 aliphatic rings. The SMILES string of the molecule is CCCCCC(=O)OCC(C)(C)O. The Balaban J connectivity index is 3.41. The number of esters is 1. The van der Waals surface area contributed by atoms with Crippen molar-refractivity contribution in [2.75, 3.05) is 6.61 Å². The summed E-state index contributed by atoms with van der Waals surface area (Å²) < 4.78 is 4.86. The van der Waals surface area contributed by atoms with Crippen LogP contribution >= 0.6 is 0 Å². The number of hydrogen-bond donors (Lipinski definition) is 1. The molecule has 0 fully saturated rings. The van der Waals surface area contributed by atoms with Crippen LogP contribution < -0.4 is 0 Å². The molecule has 0 amide bonds. The van der Waals surface area contributed by atoms with E-state index in [-0.39, 0.29) is 12.6 Å². The molecule has 0 bridgehead atoms. The maximum Gasteiger partial charge on any atom is 0.305 e. The molecule has 1 N–H and O–H groups in total. The second-order valence-electron chi connectivity index (χ2n) is 3.93. The highest BCUT2D eigenvalue weighted by Gasteiger charge is 2.15. The minimum absolute atomic E-state index is 0.0813. The molecule has 0 rings (SSSR count). The Morgan fingerprint density at radius 3 is 2.46 bits per heavy atom. The summed E-state index contributed by atoms with van der Waals surface area (Å²) in [6, 6.07) is 0. The van der Waals surface area contributed by atoms with Crippen LogP contribution in [0.15, 0.2) is 0 Å². The summed E-state index contributed by atoms with van der Waals surface area (Å²) in [4.78, 5) is 11.0. The number of aliphatic hydroxyl groups is 1. The van der Waals surface area contributed by atoms with Crippen LogP contribution in [0.5, 0.6) is 0 Å². The van der Waals surface area contributed by atoms with Gasteiger partial charge >= 0.3 is 5.97 Å². The molecule has 0 saturated heterocycles. The molecule has 0 heterocycles. The predicted molar refractivity (Wildman–Crippen MR) is 51.4 cm³/mol. The van der Waals surface area contributed by atoms with Crippen LogP contribution in [-0.4, -0.2) is 23.3 Å². The second-order valence-corrected chi connectivity index (χ2v) is 3.93. The number of carbonyl (C=O) groups is 1. The summed E-state index contributed by atoms with van der Waals surface area (Å²) in [6.45, 7) is 5.40. The van der Waals surface area contributed by atoms with E-state index < -0.39 is 5.60 Å². The van der Waals surface area contributed by atoms with Crippen molar-refractivity contribution in [3.63, 3.8) is 0 Å². The van der Waals surface area contributed by atoms with Gasteiger partial charge in [0, 0.05) is 6.42 Å². The molecule has 78 valence electrons. The fraction of sp³-hybridized carbons (Fsp3) is 0.900. The Kier molecular flexibility index (Phi) is 5.71. The molecule has 0 aliphatic heterocycles. The summed E-state index contributed by atoms with van der Waals surface area (Å²) in [7, 11) is 0. The Hall–Kier alpha value is -0.570. The Morgan fingerprint density at radius 1 is 1.38 bits per heavy atom. The number of carbonyl (C=O) groups excluding carboxylic acids is 1. The van der Waals surface area contributed by atoms with Crippen LogP contribution in [0.1, 0.15) is 46.5 Å². The molecule has 3 heteroatoms. The summed E-state index contributed by atoms with van der Waals surface area (Å²) in [5.74, 6) is -0.212. The van der Waals surface area contributed by atoms with Crippen molar-refractivity contribution in [3.05, 3.63) is 0 Å². The van der Waals surface area contributed by atoms with Gasteiger partial charge in [0.1, 0.15) is 6.61 Å². The van der Waals surface area contributed by atoms with Gasteiger partial charge in [-0.2, -0.15) is 0 Å². The lowest BCUT2D eigenvalue weighted by atomic mass is 10.1. The Bertz CT molecular complexity index is 147. The van der Waals surface area contributed by atoms with Crippen molar-refractivity contribution in [2.45, 2.75) is 52.1 Å². The minimum Gasteiger partial charge on any atom is -0.463 e. The van der Waals surface area contributed by atoms with Crippen molar-refractivity contribution < 1.29 is 14.6 Å². The Morgan fingerprint density at radius 2 is 2.00 bits per heavy atom. The third-order valence-corrected chi connectivity index (χ3v) is 1.57. The van der Waals surface area contributed by atoms with Crippen LogP contribution in [0.2, 0.25) is 0 Å². The second kappa shape index (κ2) is 5.97. The first-order valence-corrected chi connectivity index (χ1v) is 4.83. The fourth-order valence-electron chi connectivity index (χ4n) is 0.849.